The molecular formula is C21H42O7. The summed E-state index contributed by atoms with van der Waals surface area (Å²) in [5, 5.41) is 34.8. The van der Waals surface area contributed by atoms with Crippen molar-refractivity contribution >= 4 is 11.9 Å². The van der Waals surface area contributed by atoms with Crippen molar-refractivity contribution in [3.05, 3.63) is 0 Å². The number of carboxylic acid groups (broad SMARTS) is 2. The lowest BCUT2D eigenvalue weighted by Gasteiger charge is -2.20. The van der Waals surface area contributed by atoms with E-state index in [1.807, 2.05) is 6.92 Å². The molecule has 0 rings (SSSR count). The van der Waals surface area contributed by atoms with Crippen LogP contribution in [0.25, 0.3) is 0 Å². The number of aliphatic hydroxyl groups excluding tert-OH is 2. The smallest absolute Gasteiger partial charge is 0.303 e. The topological polar surface area (TPSA) is 124 Å². The van der Waals surface area contributed by atoms with Crippen molar-refractivity contribution in [1.29, 1.82) is 0 Å². The Morgan fingerprint density at radius 2 is 1.25 bits per heavy atom. The quantitative estimate of drug-likeness (QED) is 0.254. The van der Waals surface area contributed by atoms with Gasteiger partial charge in [0.25, 0.3) is 0 Å². The van der Waals surface area contributed by atoms with Crippen LogP contribution in [0, 0.1) is 0 Å². The lowest BCUT2D eigenvalue weighted by atomic mass is 10.1. The van der Waals surface area contributed by atoms with Crippen LogP contribution >= 0.6 is 0 Å². The molecule has 0 aliphatic carbocycles. The molecule has 4 N–H and O–H groups in total. The van der Waals surface area contributed by atoms with Gasteiger partial charge in [-0.05, 0) is 25.7 Å². The zero-order valence-corrected chi connectivity index (χ0v) is 17.8. The first kappa shape index (κ1) is 29.0. The standard InChI is InChI=1S/C11H24O3.C10H18O4/c1-3-5-6-7-8-14-11(4-2)10(13)9-12;11-9(12)7-5-3-1-2-4-6-8-10(13)14/h10-13H,3-9H2,1-2H3;1-8H2,(H,11,12)(H,13,14). The van der Waals surface area contributed by atoms with Gasteiger partial charge in [0.2, 0.25) is 0 Å². The lowest BCUT2D eigenvalue weighted by Crippen LogP contribution is -2.31. The first-order valence-electron chi connectivity index (χ1n) is 10.7. The van der Waals surface area contributed by atoms with Gasteiger partial charge < -0.3 is 25.2 Å². The van der Waals surface area contributed by atoms with Crippen molar-refractivity contribution in [2.24, 2.45) is 0 Å². The molecule has 168 valence electrons. The zero-order valence-electron chi connectivity index (χ0n) is 17.8. The second-order valence-electron chi connectivity index (χ2n) is 7.04. The summed E-state index contributed by atoms with van der Waals surface area (Å²) >= 11 is 0. The van der Waals surface area contributed by atoms with Gasteiger partial charge in [-0.15, -0.1) is 0 Å². The number of carbonyl (C=O) groups is 2. The van der Waals surface area contributed by atoms with E-state index in [0.29, 0.717) is 6.61 Å². The van der Waals surface area contributed by atoms with Crippen LogP contribution in [0.3, 0.4) is 0 Å². The number of hydrogen-bond donors (Lipinski definition) is 4. The van der Waals surface area contributed by atoms with Crippen molar-refractivity contribution in [3.63, 3.8) is 0 Å². The third-order valence-electron chi connectivity index (χ3n) is 4.38. The van der Waals surface area contributed by atoms with Gasteiger partial charge in [0.05, 0.1) is 12.7 Å². The number of unbranched alkanes of at least 4 members (excludes halogenated alkanes) is 8. The number of aliphatic hydroxyl groups is 2. The Bertz CT molecular complexity index is 341. The van der Waals surface area contributed by atoms with E-state index >= 15 is 0 Å². The Hall–Kier alpha value is -1.18. The molecule has 7 nitrogen and oxygen atoms in total. The van der Waals surface area contributed by atoms with E-state index in [0.717, 1.165) is 51.4 Å². The summed E-state index contributed by atoms with van der Waals surface area (Å²) in [6.07, 6.45) is 10.3. The minimum absolute atomic E-state index is 0.207. The van der Waals surface area contributed by atoms with Gasteiger partial charge in [-0.25, -0.2) is 0 Å². The van der Waals surface area contributed by atoms with Crippen LogP contribution in [-0.2, 0) is 14.3 Å². The minimum atomic E-state index is -0.740. The van der Waals surface area contributed by atoms with E-state index in [4.69, 9.17) is 20.1 Å². The Morgan fingerprint density at radius 1 is 0.786 bits per heavy atom. The Labute approximate surface area is 170 Å². The van der Waals surface area contributed by atoms with Crippen molar-refractivity contribution in [2.45, 2.75) is 110 Å². The summed E-state index contributed by atoms with van der Waals surface area (Å²) in [5.41, 5.74) is 0. The fourth-order valence-corrected chi connectivity index (χ4v) is 2.64. The molecule has 28 heavy (non-hydrogen) atoms. The maximum Gasteiger partial charge on any atom is 0.303 e. The first-order valence-corrected chi connectivity index (χ1v) is 10.7. The molecular weight excluding hydrogens is 364 g/mol. The largest absolute Gasteiger partial charge is 0.481 e. The molecule has 0 bridgehead atoms. The molecule has 0 aliphatic rings. The summed E-state index contributed by atoms with van der Waals surface area (Å²) in [6.45, 7) is 4.60. The summed E-state index contributed by atoms with van der Waals surface area (Å²) in [5.74, 6) is -1.48. The maximum absolute atomic E-state index is 10.1. The highest BCUT2D eigenvalue weighted by Crippen LogP contribution is 2.08. The van der Waals surface area contributed by atoms with Crippen molar-refractivity contribution < 1.29 is 34.8 Å². The number of aliphatic carboxylic acids is 2. The Balaban J connectivity index is 0. The molecule has 0 aliphatic heterocycles. The van der Waals surface area contributed by atoms with E-state index in [9.17, 15) is 14.7 Å². The third kappa shape index (κ3) is 22.9. The SMILES string of the molecule is CCCCCCOC(CC)C(O)CO.O=C(O)CCCCCCCCC(=O)O. The maximum atomic E-state index is 10.1. The summed E-state index contributed by atoms with van der Waals surface area (Å²) in [7, 11) is 0. The van der Waals surface area contributed by atoms with Crippen molar-refractivity contribution in [3.8, 4) is 0 Å². The molecule has 0 saturated carbocycles. The molecule has 7 heteroatoms. The molecule has 0 amide bonds. The van der Waals surface area contributed by atoms with E-state index in [1.54, 1.807) is 0 Å². The molecule has 2 unspecified atom stereocenters. The second kappa shape index (κ2) is 22.1. The minimum Gasteiger partial charge on any atom is -0.481 e. The number of carboxylic acids is 2. The molecule has 0 spiro atoms. The van der Waals surface area contributed by atoms with Gasteiger partial charge in [-0.3, -0.25) is 9.59 Å². The molecule has 2 atom stereocenters. The van der Waals surface area contributed by atoms with E-state index in [-0.39, 0.29) is 25.6 Å². The van der Waals surface area contributed by atoms with Gasteiger partial charge in [0, 0.05) is 19.4 Å². The summed E-state index contributed by atoms with van der Waals surface area (Å²) in [4.78, 5) is 20.3. The van der Waals surface area contributed by atoms with Crippen LogP contribution in [0.4, 0.5) is 0 Å². The summed E-state index contributed by atoms with van der Waals surface area (Å²) < 4.78 is 5.48. The predicted octanol–water partition coefficient (Wildman–Crippen LogP) is 3.99. The highest BCUT2D eigenvalue weighted by Gasteiger charge is 2.16. The van der Waals surface area contributed by atoms with Gasteiger partial charge in [0.1, 0.15) is 6.10 Å². The van der Waals surface area contributed by atoms with Crippen LogP contribution in [0.15, 0.2) is 0 Å². The van der Waals surface area contributed by atoms with Crippen LogP contribution in [-0.4, -0.2) is 57.8 Å². The van der Waals surface area contributed by atoms with Gasteiger partial charge >= 0.3 is 11.9 Å². The molecule has 0 aromatic carbocycles. The molecule has 0 aromatic heterocycles. The van der Waals surface area contributed by atoms with E-state index < -0.39 is 18.0 Å². The molecule has 0 aromatic rings. The van der Waals surface area contributed by atoms with E-state index in [2.05, 4.69) is 6.92 Å². The normalized spacial score (nSPS) is 12.7. The molecule has 0 saturated heterocycles. The van der Waals surface area contributed by atoms with Crippen molar-refractivity contribution in [1.82, 2.24) is 0 Å². The second-order valence-corrected chi connectivity index (χ2v) is 7.04. The van der Waals surface area contributed by atoms with Crippen molar-refractivity contribution in [2.75, 3.05) is 13.2 Å². The Morgan fingerprint density at radius 3 is 1.64 bits per heavy atom. The monoisotopic (exact) mass is 406 g/mol. The van der Waals surface area contributed by atoms with Gasteiger partial charge in [0.15, 0.2) is 0 Å². The zero-order chi connectivity index (χ0) is 21.6. The summed E-state index contributed by atoms with van der Waals surface area (Å²) in [6, 6.07) is 0. The first-order chi connectivity index (χ1) is 13.4. The third-order valence-corrected chi connectivity index (χ3v) is 4.38. The average molecular weight is 407 g/mol. The lowest BCUT2D eigenvalue weighted by molar-refractivity contribution is -0.138. The number of ether oxygens (including phenoxy) is 1. The van der Waals surface area contributed by atoms with Gasteiger partial charge in [-0.2, -0.15) is 0 Å². The number of rotatable bonds is 18. The molecule has 0 radical (unpaired) electrons. The fourth-order valence-electron chi connectivity index (χ4n) is 2.64. The molecule has 0 heterocycles. The van der Waals surface area contributed by atoms with Gasteiger partial charge in [-0.1, -0.05) is 58.8 Å². The Kier molecular flexibility index (Phi) is 22.9. The van der Waals surface area contributed by atoms with Crippen LogP contribution in [0.1, 0.15) is 97.3 Å². The number of hydrogen-bond acceptors (Lipinski definition) is 5. The van der Waals surface area contributed by atoms with E-state index in [1.165, 1.54) is 19.3 Å². The average Bonchev–Trinajstić information content (AvgIpc) is 2.66. The molecule has 0 fully saturated rings. The predicted molar refractivity (Wildman–Crippen MR) is 109 cm³/mol. The van der Waals surface area contributed by atoms with Crippen LogP contribution in [0.2, 0.25) is 0 Å². The highest BCUT2D eigenvalue weighted by atomic mass is 16.5. The van der Waals surface area contributed by atoms with Crippen LogP contribution < -0.4 is 0 Å². The fraction of sp³-hybridized carbons (Fsp3) is 0.905. The highest BCUT2D eigenvalue weighted by molar-refractivity contribution is 5.66. The van der Waals surface area contributed by atoms with Crippen LogP contribution in [0.5, 0.6) is 0 Å².